The summed E-state index contributed by atoms with van der Waals surface area (Å²) in [6.45, 7) is 5.33. The van der Waals surface area contributed by atoms with E-state index in [2.05, 4.69) is 48.3 Å². The molecule has 0 atom stereocenters. The van der Waals surface area contributed by atoms with E-state index in [-0.39, 0.29) is 12.0 Å². The van der Waals surface area contributed by atoms with Gasteiger partial charge in [0.05, 0.1) is 6.61 Å². The molecule has 0 fully saturated rings. The first-order valence-corrected chi connectivity index (χ1v) is 6.69. The molecule has 0 bridgehead atoms. The summed E-state index contributed by atoms with van der Waals surface area (Å²) >= 11 is 0. The number of aliphatic hydroxyl groups excluding tert-OH is 1. The predicted octanol–water partition coefficient (Wildman–Crippen LogP) is 2.96. The zero-order valence-corrected chi connectivity index (χ0v) is 12.0. The van der Waals surface area contributed by atoms with E-state index < -0.39 is 0 Å². The highest BCUT2D eigenvalue weighted by Gasteiger charge is 2.24. The van der Waals surface area contributed by atoms with Crippen LogP contribution in [0.15, 0.2) is 24.3 Å². The second-order valence-electron chi connectivity index (χ2n) is 5.16. The van der Waals surface area contributed by atoms with Crippen LogP contribution in [0.4, 0.5) is 11.4 Å². The SMILES string of the molecule is CCC(CC)(CO)CNc1ccc(N(C)C)cc1. The molecule has 18 heavy (non-hydrogen) atoms. The maximum absolute atomic E-state index is 9.52. The van der Waals surface area contributed by atoms with Crippen molar-refractivity contribution < 1.29 is 5.11 Å². The third-order valence-corrected chi connectivity index (χ3v) is 3.89. The number of benzene rings is 1. The molecule has 2 N–H and O–H groups in total. The summed E-state index contributed by atoms with van der Waals surface area (Å²) in [5.41, 5.74) is 2.31. The quantitative estimate of drug-likeness (QED) is 0.781. The van der Waals surface area contributed by atoms with Crippen LogP contribution in [0.1, 0.15) is 26.7 Å². The fraction of sp³-hybridized carbons (Fsp3) is 0.600. The minimum absolute atomic E-state index is 0.000218. The molecule has 0 radical (unpaired) electrons. The molecular formula is C15H26N2O. The van der Waals surface area contributed by atoms with Gasteiger partial charge in [-0.25, -0.2) is 0 Å². The summed E-state index contributed by atoms with van der Waals surface area (Å²) in [5, 5.41) is 13.0. The Morgan fingerprint density at radius 3 is 2.06 bits per heavy atom. The molecule has 0 aliphatic rings. The number of nitrogens with zero attached hydrogens (tertiary/aromatic N) is 1. The largest absolute Gasteiger partial charge is 0.396 e. The van der Waals surface area contributed by atoms with E-state index in [0.717, 1.165) is 25.1 Å². The van der Waals surface area contributed by atoms with E-state index in [1.54, 1.807) is 0 Å². The number of anilines is 2. The van der Waals surface area contributed by atoms with Crippen LogP contribution >= 0.6 is 0 Å². The summed E-state index contributed by atoms with van der Waals surface area (Å²) in [6, 6.07) is 8.37. The van der Waals surface area contributed by atoms with Crippen molar-refractivity contribution in [2.75, 3.05) is 37.5 Å². The number of hydrogen-bond acceptors (Lipinski definition) is 3. The lowest BCUT2D eigenvalue weighted by Gasteiger charge is -2.30. The minimum atomic E-state index is 0.000218. The summed E-state index contributed by atoms with van der Waals surface area (Å²) in [7, 11) is 4.07. The minimum Gasteiger partial charge on any atom is -0.396 e. The molecule has 0 spiro atoms. The second kappa shape index (κ2) is 6.64. The van der Waals surface area contributed by atoms with E-state index in [0.29, 0.717) is 0 Å². The molecule has 0 saturated heterocycles. The highest BCUT2D eigenvalue weighted by molar-refractivity contribution is 5.54. The lowest BCUT2D eigenvalue weighted by molar-refractivity contribution is 0.127. The van der Waals surface area contributed by atoms with Crippen LogP contribution in [0.3, 0.4) is 0 Å². The average Bonchev–Trinajstić information content (AvgIpc) is 2.41. The Labute approximate surface area is 111 Å². The van der Waals surface area contributed by atoms with Gasteiger partial charge in [0, 0.05) is 37.4 Å². The first-order valence-electron chi connectivity index (χ1n) is 6.69. The maximum Gasteiger partial charge on any atom is 0.0504 e. The van der Waals surface area contributed by atoms with Gasteiger partial charge in [-0.15, -0.1) is 0 Å². The first-order chi connectivity index (χ1) is 8.56. The molecular weight excluding hydrogens is 224 g/mol. The van der Waals surface area contributed by atoms with Crippen molar-refractivity contribution in [3.05, 3.63) is 24.3 Å². The molecule has 3 heteroatoms. The van der Waals surface area contributed by atoms with Crippen molar-refractivity contribution in [2.45, 2.75) is 26.7 Å². The first kappa shape index (κ1) is 14.8. The van der Waals surface area contributed by atoms with Crippen LogP contribution in [-0.2, 0) is 0 Å². The summed E-state index contributed by atoms with van der Waals surface area (Å²) in [6.07, 6.45) is 1.98. The normalized spacial score (nSPS) is 11.4. The highest BCUT2D eigenvalue weighted by Crippen LogP contribution is 2.26. The fourth-order valence-corrected chi connectivity index (χ4v) is 1.95. The van der Waals surface area contributed by atoms with Gasteiger partial charge in [0.25, 0.3) is 0 Å². The Balaban J connectivity index is 2.62. The molecule has 1 rings (SSSR count). The molecule has 0 saturated carbocycles. The van der Waals surface area contributed by atoms with Gasteiger partial charge in [-0.2, -0.15) is 0 Å². The Kier molecular flexibility index (Phi) is 5.48. The topological polar surface area (TPSA) is 35.5 Å². The number of hydrogen-bond donors (Lipinski definition) is 2. The van der Waals surface area contributed by atoms with Crippen LogP contribution in [0.25, 0.3) is 0 Å². The van der Waals surface area contributed by atoms with Gasteiger partial charge in [0.15, 0.2) is 0 Å². The van der Waals surface area contributed by atoms with E-state index in [1.807, 2.05) is 14.1 Å². The second-order valence-corrected chi connectivity index (χ2v) is 5.16. The van der Waals surface area contributed by atoms with Crippen LogP contribution < -0.4 is 10.2 Å². The highest BCUT2D eigenvalue weighted by atomic mass is 16.3. The smallest absolute Gasteiger partial charge is 0.0504 e. The van der Waals surface area contributed by atoms with E-state index in [9.17, 15) is 5.11 Å². The lowest BCUT2D eigenvalue weighted by atomic mass is 9.83. The monoisotopic (exact) mass is 250 g/mol. The van der Waals surface area contributed by atoms with E-state index >= 15 is 0 Å². The van der Waals surface area contributed by atoms with Crippen LogP contribution in [0.5, 0.6) is 0 Å². The summed E-state index contributed by atoms with van der Waals surface area (Å²) in [4.78, 5) is 2.08. The van der Waals surface area contributed by atoms with Gasteiger partial charge < -0.3 is 15.3 Å². The van der Waals surface area contributed by atoms with Crippen molar-refractivity contribution in [3.63, 3.8) is 0 Å². The van der Waals surface area contributed by atoms with Gasteiger partial charge >= 0.3 is 0 Å². The van der Waals surface area contributed by atoms with Gasteiger partial charge in [-0.3, -0.25) is 0 Å². The van der Waals surface area contributed by atoms with Gasteiger partial charge in [0.1, 0.15) is 0 Å². The lowest BCUT2D eigenvalue weighted by Crippen LogP contribution is -2.32. The average molecular weight is 250 g/mol. The molecule has 1 aromatic rings. The molecule has 0 aromatic heterocycles. The molecule has 0 unspecified atom stereocenters. The van der Waals surface area contributed by atoms with Gasteiger partial charge in [-0.05, 0) is 37.1 Å². The predicted molar refractivity (Wildman–Crippen MR) is 79.4 cm³/mol. The van der Waals surface area contributed by atoms with Crippen molar-refractivity contribution in [2.24, 2.45) is 5.41 Å². The van der Waals surface area contributed by atoms with E-state index in [1.165, 1.54) is 5.69 Å². The van der Waals surface area contributed by atoms with Gasteiger partial charge in [-0.1, -0.05) is 13.8 Å². The number of nitrogens with one attached hydrogen (secondary N) is 1. The summed E-state index contributed by atoms with van der Waals surface area (Å²) < 4.78 is 0. The molecule has 1 aromatic carbocycles. The molecule has 0 amide bonds. The van der Waals surface area contributed by atoms with Crippen LogP contribution in [0.2, 0.25) is 0 Å². The molecule has 0 aliphatic heterocycles. The Bertz CT molecular complexity index is 334. The maximum atomic E-state index is 9.52. The zero-order valence-electron chi connectivity index (χ0n) is 12.0. The standard InChI is InChI=1S/C15H26N2O/c1-5-15(6-2,12-18)11-16-13-7-9-14(10-8-13)17(3)4/h7-10,16,18H,5-6,11-12H2,1-4H3. The summed E-state index contributed by atoms with van der Waals surface area (Å²) in [5.74, 6) is 0. The van der Waals surface area contributed by atoms with Crippen molar-refractivity contribution >= 4 is 11.4 Å². The van der Waals surface area contributed by atoms with Crippen molar-refractivity contribution in [1.82, 2.24) is 0 Å². The van der Waals surface area contributed by atoms with E-state index in [4.69, 9.17) is 0 Å². The van der Waals surface area contributed by atoms with Crippen LogP contribution in [-0.4, -0.2) is 32.4 Å². The Morgan fingerprint density at radius 1 is 1.11 bits per heavy atom. The third-order valence-electron chi connectivity index (χ3n) is 3.89. The molecule has 0 heterocycles. The van der Waals surface area contributed by atoms with Crippen LogP contribution in [0, 0.1) is 5.41 Å². The Morgan fingerprint density at radius 2 is 1.67 bits per heavy atom. The van der Waals surface area contributed by atoms with Crippen molar-refractivity contribution in [3.8, 4) is 0 Å². The molecule has 0 aliphatic carbocycles. The third kappa shape index (κ3) is 3.64. The number of aliphatic hydroxyl groups is 1. The Hall–Kier alpha value is -1.22. The van der Waals surface area contributed by atoms with Gasteiger partial charge in [0.2, 0.25) is 0 Å². The number of rotatable bonds is 7. The fourth-order valence-electron chi connectivity index (χ4n) is 1.95. The molecule has 102 valence electrons. The zero-order chi connectivity index (χ0) is 13.6. The van der Waals surface area contributed by atoms with Crippen molar-refractivity contribution in [1.29, 1.82) is 0 Å². The molecule has 3 nitrogen and oxygen atoms in total.